The second-order valence-corrected chi connectivity index (χ2v) is 10.2. The zero-order valence-electron chi connectivity index (χ0n) is 22.5. The van der Waals surface area contributed by atoms with Crippen molar-refractivity contribution in [3.8, 4) is 5.75 Å². The minimum absolute atomic E-state index is 0.0622. The molecule has 4 atom stereocenters. The van der Waals surface area contributed by atoms with Crippen LogP contribution in [0.3, 0.4) is 0 Å². The molecule has 1 aromatic rings. The van der Waals surface area contributed by atoms with Crippen LogP contribution >= 0.6 is 0 Å². The van der Waals surface area contributed by atoms with Crippen LogP contribution in [0.25, 0.3) is 0 Å². The molecule has 1 heterocycles. The second kappa shape index (κ2) is 14.9. The summed E-state index contributed by atoms with van der Waals surface area (Å²) >= 11 is 0. The van der Waals surface area contributed by atoms with Gasteiger partial charge in [-0.15, -0.1) is 0 Å². The summed E-state index contributed by atoms with van der Waals surface area (Å²) in [4.78, 5) is 56.6. The summed E-state index contributed by atoms with van der Waals surface area (Å²) in [5, 5.41) is 24.5. The highest BCUT2D eigenvalue weighted by atomic mass is 16.4. The SMILES string of the molecule is CC(C)CC(N)C(=O)NC(Cc1ccc(O)cc1)C(=O)N1CCCC1C(=O)NC(CCCN=C(N)N)C(=O)O. The summed E-state index contributed by atoms with van der Waals surface area (Å²) in [5.41, 5.74) is 17.3. The molecule has 1 aliphatic heterocycles. The van der Waals surface area contributed by atoms with Crippen molar-refractivity contribution < 1.29 is 29.4 Å². The van der Waals surface area contributed by atoms with E-state index in [0.29, 0.717) is 31.2 Å². The number of amides is 3. The highest BCUT2D eigenvalue weighted by molar-refractivity contribution is 5.94. The Hall–Kier alpha value is -3.87. The van der Waals surface area contributed by atoms with E-state index in [9.17, 15) is 29.4 Å². The zero-order chi connectivity index (χ0) is 29.1. The van der Waals surface area contributed by atoms with Crippen molar-refractivity contribution in [1.29, 1.82) is 0 Å². The van der Waals surface area contributed by atoms with E-state index in [1.807, 2.05) is 13.8 Å². The van der Waals surface area contributed by atoms with Gasteiger partial charge in [0.15, 0.2) is 5.96 Å². The number of phenolic OH excluding ortho intramolecular Hbond substituents is 1. The minimum atomic E-state index is -1.21. The molecule has 10 N–H and O–H groups in total. The molecule has 0 aromatic heterocycles. The molecule has 0 radical (unpaired) electrons. The molecule has 216 valence electrons. The van der Waals surface area contributed by atoms with E-state index in [0.717, 1.165) is 0 Å². The lowest BCUT2D eigenvalue weighted by atomic mass is 10.0. The van der Waals surface area contributed by atoms with Crippen LogP contribution < -0.4 is 27.8 Å². The van der Waals surface area contributed by atoms with Crippen LogP contribution in [-0.2, 0) is 25.6 Å². The second-order valence-electron chi connectivity index (χ2n) is 10.2. The number of nitrogens with two attached hydrogens (primary N) is 3. The third kappa shape index (κ3) is 10.1. The van der Waals surface area contributed by atoms with E-state index in [4.69, 9.17) is 17.2 Å². The van der Waals surface area contributed by atoms with Gasteiger partial charge in [0.05, 0.1) is 6.04 Å². The number of nitrogens with one attached hydrogen (secondary N) is 2. The molecule has 0 saturated carbocycles. The van der Waals surface area contributed by atoms with Crippen LogP contribution in [0.5, 0.6) is 5.75 Å². The average molecular weight is 548 g/mol. The molecule has 13 nitrogen and oxygen atoms in total. The number of guanidine groups is 1. The van der Waals surface area contributed by atoms with Crippen molar-refractivity contribution >= 4 is 29.7 Å². The molecule has 2 rings (SSSR count). The fraction of sp³-hybridized carbons (Fsp3) is 0.577. The molecule has 4 unspecified atom stereocenters. The number of aromatic hydroxyl groups is 1. The lowest BCUT2D eigenvalue weighted by Crippen LogP contribution is -2.57. The Morgan fingerprint density at radius 1 is 1.10 bits per heavy atom. The summed E-state index contributed by atoms with van der Waals surface area (Å²) in [5.74, 6) is -2.61. The largest absolute Gasteiger partial charge is 0.508 e. The topological polar surface area (TPSA) is 226 Å². The standard InChI is InChI=1S/C26H41N7O6/c1-15(2)13-18(27)22(35)32-20(14-16-7-9-17(34)10-8-16)24(37)33-12-4-6-21(33)23(36)31-19(25(38)39)5-3-11-30-26(28)29/h7-10,15,18-21,34H,3-6,11-14,27H2,1-2H3,(H,31,36)(H,32,35)(H,38,39)(H4,28,29,30). The molecule has 13 heteroatoms. The van der Waals surface area contributed by atoms with Crippen LogP contribution in [0.15, 0.2) is 29.3 Å². The summed E-state index contributed by atoms with van der Waals surface area (Å²) in [6.07, 6.45) is 1.88. The lowest BCUT2D eigenvalue weighted by Gasteiger charge is -2.30. The van der Waals surface area contributed by atoms with E-state index in [1.54, 1.807) is 12.1 Å². The molecule has 0 bridgehead atoms. The fourth-order valence-corrected chi connectivity index (χ4v) is 4.49. The number of hydrogen-bond acceptors (Lipinski definition) is 7. The number of carboxylic acid groups (broad SMARTS) is 1. The van der Waals surface area contributed by atoms with E-state index >= 15 is 0 Å². The van der Waals surface area contributed by atoms with Crippen molar-refractivity contribution in [3.63, 3.8) is 0 Å². The number of carboxylic acids is 1. The molecule has 1 aromatic carbocycles. The van der Waals surface area contributed by atoms with Crippen LogP contribution in [0.4, 0.5) is 0 Å². The monoisotopic (exact) mass is 547 g/mol. The van der Waals surface area contributed by atoms with Gasteiger partial charge in [0, 0.05) is 19.5 Å². The maximum Gasteiger partial charge on any atom is 0.326 e. The van der Waals surface area contributed by atoms with Crippen molar-refractivity contribution in [2.45, 2.75) is 76.5 Å². The van der Waals surface area contributed by atoms with Gasteiger partial charge < -0.3 is 42.9 Å². The summed E-state index contributed by atoms with van der Waals surface area (Å²) in [7, 11) is 0. The predicted octanol–water partition coefficient (Wildman–Crippen LogP) is -0.593. The number of aliphatic imine (C=N–C) groups is 1. The highest BCUT2D eigenvalue weighted by Gasteiger charge is 2.39. The van der Waals surface area contributed by atoms with E-state index in [2.05, 4.69) is 15.6 Å². The molecule has 39 heavy (non-hydrogen) atoms. The van der Waals surface area contributed by atoms with Gasteiger partial charge in [-0.25, -0.2) is 4.79 Å². The van der Waals surface area contributed by atoms with Crippen LogP contribution in [0, 0.1) is 5.92 Å². The van der Waals surface area contributed by atoms with Gasteiger partial charge in [0.2, 0.25) is 17.7 Å². The first-order valence-corrected chi connectivity index (χ1v) is 13.1. The van der Waals surface area contributed by atoms with Crippen LogP contribution in [-0.4, -0.2) is 82.0 Å². The van der Waals surface area contributed by atoms with Crippen molar-refractivity contribution in [1.82, 2.24) is 15.5 Å². The highest BCUT2D eigenvalue weighted by Crippen LogP contribution is 2.21. The molecule has 1 fully saturated rings. The Morgan fingerprint density at radius 2 is 1.77 bits per heavy atom. The first-order chi connectivity index (χ1) is 18.4. The summed E-state index contributed by atoms with van der Waals surface area (Å²) in [6.45, 7) is 4.36. The smallest absolute Gasteiger partial charge is 0.326 e. The number of carbonyl (C=O) groups excluding carboxylic acids is 3. The van der Waals surface area contributed by atoms with E-state index in [1.165, 1.54) is 17.0 Å². The Labute approximate surface area is 228 Å². The van der Waals surface area contributed by atoms with Gasteiger partial charge >= 0.3 is 5.97 Å². The maximum absolute atomic E-state index is 13.7. The number of phenols is 1. The summed E-state index contributed by atoms with van der Waals surface area (Å²) in [6, 6.07) is 2.36. The average Bonchev–Trinajstić information content (AvgIpc) is 3.35. The number of nitrogens with zero attached hydrogens (tertiary/aromatic N) is 2. The predicted molar refractivity (Wildman–Crippen MR) is 145 cm³/mol. The van der Waals surface area contributed by atoms with Gasteiger partial charge in [-0.3, -0.25) is 19.4 Å². The minimum Gasteiger partial charge on any atom is -0.508 e. The molecule has 0 spiro atoms. The van der Waals surface area contributed by atoms with E-state index < -0.39 is 47.9 Å². The first kappa shape index (κ1) is 31.3. The van der Waals surface area contributed by atoms with Gasteiger partial charge in [-0.1, -0.05) is 26.0 Å². The molecule has 1 saturated heterocycles. The quantitative estimate of drug-likeness (QED) is 0.0895. The third-order valence-corrected chi connectivity index (χ3v) is 6.45. The van der Waals surface area contributed by atoms with Gasteiger partial charge in [-0.05, 0) is 55.7 Å². The summed E-state index contributed by atoms with van der Waals surface area (Å²) < 4.78 is 0. The van der Waals surface area contributed by atoms with Gasteiger partial charge in [-0.2, -0.15) is 0 Å². The fourth-order valence-electron chi connectivity index (χ4n) is 4.49. The van der Waals surface area contributed by atoms with Gasteiger partial charge in [0.25, 0.3) is 0 Å². The lowest BCUT2D eigenvalue weighted by molar-refractivity contribution is -0.145. The van der Waals surface area contributed by atoms with Crippen molar-refractivity contribution in [3.05, 3.63) is 29.8 Å². The van der Waals surface area contributed by atoms with Crippen LogP contribution in [0.2, 0.25) is 0 Å². The first-order valence-electron chi connectivity index (χ1n) is 13.1. The number of carbonyl (C=O) groups is 4. The van der Waals surface area contributed by atoms with Crippen molar-refractivity contribution in [2.24, 2.45) is 28.1 Å². The molecule has 1 aliphatic rings. The zero-order valence-corrected chi connectivity index (χ0v) is 22.5. The van der Waals surface area contributed by atoms with Crippen LogP contribution in [0.1, 0.15) is 51.5 Å². The maximum atomic E-state index is 13.7. The number of likely N-dealkylation sites (tertiary alicyclic amines) is 1. The van der Waals surface area contributed by atoms with Crippen molar-refractivity contribution in [2.75, 3.05) is 13.1 Å². The third-order valence-electron chi connectivity index (χ3n) is 6.45. The van der Waals surface area contributed by atoms with E-state index in [-0.39, 0.29) is 43.6 Å². The molecule has 0 aliphatic carbocycles. The Kier molecular flexibility index (Phi) is 12.0. The molecular weight excluding hydrogens is 506 g/mol. The number of benzene rings is 1. The Balaban J connectivity index is 2.17. The number of aliphatic carboxylic acids is 1. The van der Waals surface area contributed by atoms with Gasteiger partial charge in [0.1, 0.15) is 23.9 Å². The normalized spacial score (nSPS) is 17.2. The number of rotatable bonds is 14. The Bertz CT molecular complexity index is 1030. The molecular formula is C26H41N7O6. The molecule has 3 amide bonds. The Morgan fingerprint density at radius 3 is 2.36 bits per heavy atom. The number of hydrogen-bond donors (Lipinski definition) is 7.